The fourth-order valence-corrected chi connectivity index (χ4v) is 2.54. The molecule has 7 heteroatoms. The summed E-state index contributed by atoms with van der Waals surface area (Å²) in [4.78, 5) is 23.1. The van der Waals surface area contributed by atoms with Crippen molar-refractivity contribution in [2.75, 3.05) is 6.61 Å². The van der Waals surface area contributed by atoms with E-state index in [1.54, 1.807) is 34.2 Å². The highest BCUT2D eigenvalue weighted by Crippen LogP contribution is 2.17. The van der Waals surface area contributed by atoms with Crippen molar-refractivity contribution >= 4 is 17.2 Å². The Labute approximate surface area is 119 Å². The number of para-hydroxylation sites is 1. The minimum atomic E-state index is -0.413. The van der Waals surface area contributed by atoms with Crippen LogP contribution in [0.15, 0.2) is 34.4 Å². The van der Waals surface area contributed by atoms with Crippen LogP contribution in [0.5, 0.6) is 5.75 Å². The Kier molecular flexibility index (Phi) is 4.54. The number of ether oxygens (including phenoxy) is 1. The molecule has 20 heavy (non-hydrogen) atoms. The van der Waals surface area contributed by atoms with Gasteiger partial charge in [-0.1, -0.05) is 23.5 Å². The van der Waals surface area contributed by atoms with Crippen LogP contribution in [-0.2, 0) is 6.54 Å². The number of aryl methyl sites for hydroxylation is 1. The Balaban J connectivity index is 2.05. The molecule has 6 nitrogen and oxygen atoms in total. The number of hydrogen-bond donors (Lipinski definition) is 2. The summed E-state index contributed by atoms with van der Waals surface area (Å²) in [5.41, 5.74) is 3.34. The molecule has 2 rings (SSSR count). The smallest absolute Gasteiger partial charge is 0.307 e. The maximum absolute atomic E-state index is 11.6. The van der Waals surface area contributed by atoms with Gasteiger partial charge in [-0.05, 0) is 19.1 Å². The molecule has 0 fully saturated rings. The van der Waals surface area contributed by atoms with Crippen molar-refractivity contribution in [1.82, 2.24) is 9.99 Å². The van der Waals surface area contributed by atoms with Gasteiger partial charge in [-0.15, -0.1) is 0 Å². The number of aromatic nitrogens is 1. The number of nitrogens with two attached hydrogens (primary N) is 1. The van der Waals surface area contributed by atoms with Crippen LogP contribution in [-0.4, -0.2) is 17.1 Å². The van der Waals surface area contributed by atoms with E-state index in [0.717, 1.165) is 17.0 Å². The van der Waals surface area contributed by atoms with Gasteiger partial charge in [0.15, 0.2) is 0 Å². The largest absolute Gasteiger partial charge is 0.491 e. The first kappa shape index (κ1) is 14.3. The average molecular weight is 293 g/mol. The Morgan fingerprint density at radius 1 is 1.45 bits per heavy atom. The predicted octanol–water partition coefficient (Wildman–Crippen LogP) is 0.901. The van der Waals surface area contributed by atoms with E-state index < -0.39 is 5.91 Å². The number of rotatable bonds is 5. The third-order valence-electron chi connectivity index (χ3n) is 2.81. The second-order valence-corrected chi connectivity index (χ2v) is 4.93. The van der Waals surface area contributed by atoms with E-state index in [2.05, 4.69) is 5.43 Å². The summed E-state index contributed by atoms with van der Waals surface area (Å²) < 4.78 is 7.21. The van der Waals surface area contributed by atoms with Crippen molar-refractivity contribution in [2.24, 2.45) is 5.84 Å². The van der Waals surface area contributed by atoms with Gasteiger partial charge in [-0.25, -0.2) is 5.84 Å². The molecule has 0 atom stereocenters. The van der Waals surface area contributed by atoms with E-state index in [9.17, 15) is 9.59 Å². The first-order valence-electron chi connectivity index (χ1n) is 6.01. The van der Waals surface area contributed by atoms with Crippen LogP contribution in [0.4, 0.5) is 0 Å². The molecule has 0 unspecified atom stereocenters. The minimum Gasteiger partial charge on any atom is -0.491 e. The average Bonchev–Trinajstić information content (AvgIpc) is 2.78. The minimum absolute atomic E-state index is 0.0147. The molecule has 0 saturated carbocycles. The zero-order chi connectivity index (χ0) is 14.5. The number of hydrazine groups is 1. The fraction of sp³-hybridized carbons (Fsp3) is 0.231. The molecule has 0 aliphatic heterocycles. The van der Waals surface area contributed by atoms with E-state index in [1.807, 2.05) is 6.92 Å². The molecule has 0 radical (unpaired) electrons. The summed E-state index contributed by atoms with van der Waals surface area (Å²) in [6, 6.07) is 6.81. The van der Waals surface area contributed by atoms with Crippen molar-refractivity contribution < 1.29 is 9.53 Å². The molecule has 0 spiro atoms. The number of nitrogen functional groups attached to an aromatic ring is 1. The lowest BCUT2D eigenvalue weighted by Crippen LogP contribution is -2.30. The molecule has 1 amide bonds. The lowest BCUT2D eigenvalue weighted by Gasteiger charge is -2.11. The number of benzene rings is 1. The molecule has 2 aromatic rings. The Morgan fingerprint density at radius 2 is 2.20 bits per heavy atom. The number of nitrogens with zero attached hydrogens (tertiary/aromatic N) is 1. The molecule has 0 saturated heterocycles. The Morgan fingerprint density at radius 3 is 2.85 bits per heavy atom. The second-order valence-electron chi connectivity index (χ2n) is 4.11. The quantitative estimate of drug-likeness (QED) is 0.487. The number of carbonyl (C=O) groups is 1. The first-order valence-corrected chi connectivity index (χ1v) is 6.89. The highest BCUT2D eigenvalue weighted by molar-refractivity contribution is 7.07. The van der Waals surface area contributed by atoms with Crippen LogP contribution in [0.2, 0.25) is 0 Å². The van der Waals surface area contributed by atoms with Gasteiger partial charge >= 0.3 is 4.87 Å². The fourth-order valence-electron chi connectivity index (χ4n) is 1.78. The summed E-state index contributed by atoms with van der Waals surface area (Å²) >= 11 is 1.16. The van der Waals surface area contributed by atoms with Crippen LogP contribution in [0.1, 0.15) is 16.1 Å². The Hall–Kier alpha value is -2.12. The number of carbonyl (C=O) groups excluding carboxylic acids is 1. The van der Waals surface area contributed by atoms with Gasteiger partial charge in [0.2, 0.25) is 0 Å². The molecule has 0 bridgehead atoms. The van der Waals surface area contributed by atoms with Crippen molar-refractivity contribution in [3.05, 3.63) is 50.6 Å². The predicted molar refractivity (Wildman–Crippen MR) is 76.9 cm³/mol. The summed E-state index contributed by atoms with van der Waals surface area (Å²) in [7, 11) is 0. The van der Waals surface area contributed by atoms with Crippen molar-refractivity contribution in [2.45, 2.75) is 13.5 Å². The highest BCUT2D eigenvalue weighted by Gasteiger charge is 2.10. The molecule has 0 aliphatic rings. The molecule has 106 valence electrons. The lowest BCUT2D eigenvalue weighted by atomic mass is 10.2. The molecule has 0 aliphatic carbocycles. The zero-order valence-corrected chi connectivity index (χ0v) is 11.8. The van der Waals surface area contributed by atoms with Gasteiger partial charge in [0.1, 0.15) is 12.4 Å². The van der Waals surface area contributed by atoms with Crippen LogP contribution in [0, 0.1) is 6.92 Å². The molecule has 3 N–H and O–H groups in total. The van der Waals surface area contributed by atoms with E-state index in [4.69, 9.17) is 10.6 Å². The standard InChI is InChI=1S/C13H15N3O3S/c1-9-8-20-13(18)16(9)6-7-19-11-5-3-2-4-10(11)12(17)15-14/h2-5,8H,6-7,14H2,1H3,(H,15,17). The zero-order valence-electron chi connectivity index (χ0n) is 11.0. The van der Waals surface area contributed by atoms with E-state index in [-0.39, 0.29) is 4.87 Å². The van der Waals surface area contributed by atoms with Gasteiger partial charge in [-0.3, -0.25) is 19.6 Å². The summed E-state index contributed by atoms with van der Waals surface area (Å²) in [6.45, 7) is 2.60. The van der Waals surface area contributed by atoms with Crippen LogP contribution >= 0.6 is 11.3 Å². The molecular formula is C13H15N3O3S. The number of thiazole rings is 1. The van der Waals surface area contributed by atoms with Gasteiger partial charge < -0.3 is 4.74 Å². The summed E-state index contributed by atoms with van der Waals surface area (Å²) in [5, 5.41) is 1.80. The number of amides is 1. The first-order chi connectivity index (χ1) is 9.63. The third kappa shape index (κ3) is 3.06. The third-order valence-corrected chi connectivity index (χ3v) is 3.69. The molecule has 1 heterocycles. The second kappa shape index (κ2) is 6.36. The molecule has 1 aromatic carbocycles. The summed E-state index contributed by atoms with van der Waals surface area (Å²) in [6.07, 6.45) is 0. The van der Waals surface area contributed by atoms with E-state index >= 15 is 0 Å². The Bertz CT molecular complexity index is 663. The van der Waals surface area contributed by atoms with Gasteiger partial charge in [-0.2, -0.15) is 0 Å². The highest BCUT2D eigenvalue weighted by atomic mass is 32.1. The van der Waals surface area contributed by atoms with Gasteiger partial charge in [0.05, 0.1) is 12.1 Å². The topological polar surface area (TPSA) is 86.3 Å². The van der Waals surface area contributed by atoms with Crippen LogP contribution in [0.3, 0.4) is 0 Å². The maximum Gasteiger partial charge on any atom is 0.307 e. The van der Waals surface area contributed by atoms with Crippen molar-refractivity contribution in [3.8, 4) is 5.75 Å². The van der Waals surface area contributed by atoms with E-state index in [1.165, 1.54) is 0 Å². The van der Waals surface area contributed by atoms with Gasteiger partial charge in [0.25, 0.3) is 5.91 Å². The molecular weight excluding hydrogens is 278 g/mol. The molecule has 1 aromatic heterocycles. The van der Waals surface area contributed by atoms with Gasteiger partial charge in [0, 0.05) is 11.1 Å². The van der Waals surface area contributed by atoms with Crippen molar-refractivity contribution in [3.63, 3.8) is 0 Å². The SMILES string of the molecule is Cc1csc(=O)n1CCOc1ccccc1C(=O)NN. The van der Waals surface area contributed by atoms with E-state index in [0.29, 0.717) is 24.5 Å². The van der Waals surface area contributed by atoms with Crippen molar-refractivity contribution in [1.29, 1.82) is 0 Å². The monoisotopic (exact) mass is 293 g/mol. The van der Waals surface area contributed by atoms with Crippen LogP contribution in [0.25, 0.3) is 0 Å². The van der Waals surface area contributed by atoms with Crippen LogP contribution < -0.4 is 20.9 Å². The maximum atomic E-state index is 11.6. The lowest BCUT2D eigenvalue weighted by molar-refractivity contribution is 0.0949. The normalized spacial score (nSPS) is 10.3. The number of nitrogens with one attached hydrogen (secondary N) is 1. The number of hydrogen-bond acceptors (Lipinski definition) is 5. The summed E-state index contributed by atoms with van der Waals surface area (Å²) in [5.74, 6) is 5.15.